The highest BCUT2D eigenvalue weighted by Crippen LogP contribution is 2.60. The molecule has 0 N–H and O–H groups in total. The normalized spacial score (nSPS) is 19.5. The highest BCUT2D eigenvalue weighted by molar-refractivity contribution is 8.00. The molecule has 11 rings (SSSR count). The first-order chi connectivity index (χ1) is 27.8. The van der Waals surface area contributed by atoms with E-state index in [-0.39, 0.29) is 9.79 Å². The van der Waals surface area contributed by atoms with Gasteiger partial charge in [0.05, 0.1) is 26.2 Å². The van der Waals surface area contributed by atoms with Crippen molar-refractivity contribution in [3.63, 3.8) is 0 Å². The molecule has 0 radical (unpaired) electrons. The fourth-order valence-corrected chi connectivity index (χ4v) is 15.4. The smallest absolute Gasteiger partial charge is 0.206 e. The molecule has 0 saturated carbocycles. The standard InChI is InChI=1S/C50H34NO3PS2/c1-56(52)46-27-15-11-23-42(46)50(40-21-9-13-25-44(40)55(35-16-4-2-5-17-35)45-26-14-10-22-41(45)50)48-47(56)33-32-39-38-20-8-12-24-43(38)51(49(39)48)34-28-30-37(31-29-34)57(53,54)36-18-6-3-7-19-36/h2-33H,1H2. The number of hydrogen-bond donors (Lipinski definition) is 0. The minimum Gasteiger partial charge on any atom is -0.309 e. The molecule has 0 aliphatic carbocycles. The second kappa shape index (κ2) is 12.5. The molecule has 1 aromatic heterocycles. The van der Waals surface area contributed by atoms with Gasteiger partial charge in [0, 0.05) is 41.3 Å². The first-order valence-corrected chi connectivity index (χ1v) is 23.4. The Labute approximate surface area is 333 Å². The molecule has 1 atom stereocenters. The van der Waals surface area contributed by atoms with Crippen molar-refractivity contribution in [3.05, 3.63) is 216 Å². The summed E-state index contributed by atoms with van der Waals surface area (Å²) in [6.07, 6.45) is 0. The summed E-state index contributed by atoms with van der Waals surface area (Å²) in [5.41, 5.74) is 6.05. The Morgan fingerprint density at radius 3 is 1.74 bits per heavy atom. The molecular formula is C50H34NO3PS2. The van der Waals surface area contributed by atoms with Crippen LogP contribution in [0.4, 0.5) is 0 Å². The molecule has 0 amide bonds. The number of aromatic nitrogens is 1. The maximum absolute atomic E-state index is 15.6. The molecule has 2 aliphatic heterocycles. The van der Waals surface area contributed by atoms with Crippen molar-refractivity contribution >= 4 is 70.9 Å². The lowest BCUT2D eigenvalue weighted by atomic mass is 9.64. The summed E-state index contributed by atoms with van der Waals surface area (Å²) in [5, 5.41) is 5.84. The minimum atomic E-state index is -3.74. The first kappa shape index (κ1) is 34.2. The second-order valence-corrected chi connectivity index (χ2v) is 21.0. The van der Waals surface area contributed by atoms with E-state index < -0.39 is 32.7 Å². The predicted molar refractivity (Wildman–Crippen MR) is 235 cm³/mol. The van der Waals surface area contributed by atoms with E-state index in [9.17, 15) is 8.42 Å². The van der Waals surface area contributed by atoms with E-state index in [1.54, 1.807) is 36.4 Å². The Morgan fingerprint density at radius 2 is 1.05 bits per heavy atom. The lowest BCUT2D eigenvalue weighted by Crippen LogP contribution is -2.48. The number of hydrogen-bond acceptors (Lipinski definition) is 3. The van der Waals surface area contributed by atoms with Crippen molar-refractivity contribution in [1.82, 2.24) is 4.57 Å². The van der Waals surface area contributed by atoms with Gasteiger partial charge in [-0.2, -0.15) is 0 Å². The lowest BCUT2D eigenvalue weighted by Gasteiger charge is -2.49. The average molecular weight is 792 g/mol. The van der Waals surface area contributed by atoms with Crippen molar-refractivity contribution in [2.45, 2.75) is 25.0 Å². The van der Waals surface area contributed by atoms with Gasteiger partial charge in [0.2, 0.25) is 9.84 Å². The van der Waals surface area contributed by atoms with Gasteiger partial charge in [-0.15, -0.1) is 0 Å². The van der Waals surface area contributed by atoms with E-state index in [0.29, 0.717) is 4.90 Å². The summed E-state index contributed by atoms with van der Waals surface area (Å²) < 4.78 is 45.4. The van der Waals surface area contributed by atoms with Crippen LogP contribution in [0.15, 0.2) is 214 Å². The monoisotopic (exact) mass is 791 g/mol. The zero-order chi connectivity index (χ0) is 38.5. The average Bonchev–Trinajstić information content (AvgIpc) is 3.60. The topological polar surface area (TPSA) is 56.1 Å². The first-order valence-electron chi connectivity index (χ1n) is 18.8. The number of sulfone groups is 1. The van der Waals surface area contributed by atoms with Crippen LogP contribution in [0.5, 0.6) is 0 Å². The Bertz CT molecular complexity index is 3270. The maximum Gasteiger partial charge on any atom is 0.206 e. The zero-order valence-electron chi connectivity index (χ0n) is 30.6. The number of fused-ring (bicyclic) bond motifs is 12. The van der Waals surface area contributed by atoms with Gasteiger partial charge in [0.1, 0.15) is 0 Å². The van der Waals surface area contributed by atoms with Crippen LogP contribution in [0.3, 0.4) is 0 Å². The summed E-state index contributed by atoms with van der Waals surface area (Å²) in [7, 11) is -7.71. The van der Waals surface area contributed by atoms with Crippen molar-refractivity contribution in [2.75, 3.05) is 0 Å². The molecule has 0 saturated heterocycles. The molecule has 8 aromatic carbocycles. The van der Waals surface area contributed by atoms with Crippen LogP contribution in [0.1, 0.15) is 22.3 Å². The number of para-hydroxylation sites is 1. The fraction of sp³-hybridized carbons (Fsp3) is 0.0200. The number of nitrogens with zero attached hydrogens (tertiary/aromatic N) is 1. The minimum absolute atomic E-state index is 0.218. The fourth-order valence-electron chi connectivity index (χ4n) is 9.43. The van der Waals surface area contributed by atoms with Crippen LogP contribution in [0.2, 0.25) is 0 Å². The van der Waals surface area contributed by atoms with E-state index in [4.69, 9.17) is 0 Å². The van der Waals surface area contributed by atoms with Gasteiger partial charge in [0.15, 0.2) is 0 Å². The summed E-state index contributed by atoms with van der Waals surface area (Å²) in [6.45, 7) is 0. The van der Waals surface area contributed by atoms with Gasteiger partial charge in [-0.05, 0) is 101 Å². The Hall–Kier alpha value is -6.04. The second-order valence-electron chi connectivity index (χ2n) is 14.6. The number of rotatable bonds is 4. The summed E-state index contributed by atoms with van der Waals surface area (Å²) in [6, 6.07) is 64.8. The van der Waals surface area contributed by atoms with Gasteiger partial charge < -0.3 is 4.57 Å². The van der Waals surface area contributed by atoms with Gasteiger partial charge in [0.25, 0.3) is 0 Å². The molecular weight excluding hydrogens is 758 g/mol. The van der Waals surface area contributed by atoms with Crippen LogP contribution in [0.25, 0.3) is 27.5 Å². The van der Waals surface area contributed by atoms with Gasteiger partial charge in [-0.25, -0.2) is 8.42 Å². The third kappa shape index (κ3) is 4.66. The van der Waals surface area contributed by atoms with Gasteiger partial charge in [-0.1, -0.05) is 140 Å². The molecule has 2 aliphatic rings. The molecule has 1 unspecified atom stereocenters. The van der Waals surface area contributed by atoms with E-state index in [2.05, 4.69) is 132 Å². The van der Waals surface area contributed by atoms with Crippen molar-refractivity contribution in [3.8, 4) is 5.69 Å². The number of benzene rings is 8. The third-order valence-corrected chi connectivity index (χ3v) is 18.2. The van der Waals surface area contributed by atoms with E-state index in [0.717, 1.165) is 54.6 Å². The van der Waals surface area contributed by atoms with Crippen LogP contribution >= 0.6 is 7.92 Å². The van der Waals surface area contributed by atoms with E-state index in [1.165, 1.54) is 15.9 Å². The van der Waals surface area contributed by atoms with Crippen molar-refractivity contribution in [1.29, 1.82) is 0 Å². The van der Waals surface area contributed by atoms with Crippen LogP contribution in [-0.2, 0) is 24.8 Å². The Kier molecular flexibility index (Phi) is 7.49. The lowest BCUT2D eigenvalue weighted by molar-refractivity contribution is 0.596. The molecule has 274 valence electrons. The van der Waals surface area contributed by atoms with Crippen LogP contribution in [-0.4, -0.2) is 23.1 Å². The molecule has 7 heteroatoms. The highest BCUT2D eigenvalue weighted by Gasteiger charge is 2.53. The molecule has 1 spiro atoms. The Balaban J connectivity index is 1.30. The van der Waals surface area contributed by atoms with Crippen LogP contribution < -0.4 is 15.9 Å². The molecule has 4 nitrogen and oxygen atoms in total. The molecule has 9 aromatic rings. The van der Waals surface area contributed by atoms with Gasteiger partial charge in [-0.3, -0.25) is 4.21 Å². The van der Waals surface area contributed by atoms with E-state index in [1.807, 2.05) is 36.4 Å². The van der Waals surface area contributed by atoms with Gasteiger partial charge >= 0.3 is 0 Å². The quantitative estimate of drug-likeness (QED) is 0.132. The SMILES string of the molecule is C=S1(=O)c2ccccc2C2(c3ccccc3P(c3ccccc3)c3ccccc32)c2c1ccc1c3ccccc3n(-c3ccc(S(=O)(=O)c4ccccc4)cc3)c21. The molecule has 0 fully saturated rings. The Morgan fingerprint density at radius 1 is 0.509 bits per heavy atom. The maximum atomic E-state index is 15.6. The molecule has 0 bridgehead atoms. The summed E-state index contributed by atoms with van der Waals surface area (Å²) >= 11 is 0. The van der Waals surface area contributed by atoms with E-state index >= 15 is 4.21 Å². The van der Waals surface area contributed by atoms with Crippen molar-refractivity contribution in [2.24, 2.45) is 0 Å². The zero-order valence-corrected chi connectivity index (χ0v) is 33.1. The third-order valence-electron chi connectivity index (χ3n) is 11.7. The summed E-state index contributed by atoms with van der Waals surface area (Å²) in [4.78, 5) is 1.91. The predicted octanol–water partition coefficient (Wildman–Crippen LogP) is 9.52. The summed E-state index contributed by atoms with van der Waals surface area (Å²) in [5.74, 6) is 4.55. The molecule has 3 heterocycles. The van der Waals surface area contributed by atoms with Crippen molar-refractivity contribution < 1.29 is 12.6 Å². The molecule has 57 heavy (non-hydrogen) atoms. The largest absolute Gasteiger partial charge is 0.309 e. The highest BCUT2D eigenvalue weighted by atomic mass is 32.2. The van der Waals surface area contributed by atoms with Crippen LogP contribution in [0, 0.1) is 0 Å².